The van der Waals surface area contributed by atoms with Crippen LogP contribution in [0.15, 0.2) is 23.1 Å². The fourth-order valence-corrected chi connectivity index (χ4v) is 4.81. The summed E-state index contributed by atoms with van der Waals surface area (Å²) in [6.45, 7) is 3.86. The first-order chi connectivity index (χ1) is 10.8. The van der Waals surface area contributed by atoms with Crippen molar-refractivity contribution in [3.05, 3.63) is 33.9 Å². The van der Waals surface area contributed by atoms with Gasteiger partial charge in [0.1, 0.15) is 0 Å². The number of nitro benzene ring substituents is 1. The Hall–Kier alpha value is -1.51. The Kier molecular flexibility index (Phi) is 5.38. The molecule has 0 heterocycles. The second-order valence-corrected chi connectivity index (χ2v) is 7.69. The van der Waals surface area contributed by atoms with Gasteiger partial charge in [0.25, 0.3) is 15.7 Å². The summed E-state index contributed by atoms with van der Waals surface area (Å²) in [5.41, 5.74) is 0.0000255. The minimum Gasteiger partial charge on any atom is -0.383 e. The van der Waals surface area contributed by atoms with Crippen LogP contribution in [0.3, 0.4) is 0 Å². The highest BCUT2D eigenvalue weighted by Gasteiger charge is 2.41. The Labute approximate surface area is 136 Å². The molecule has 1 aromatic rings. The molecule has 23 heavy (non-hydrogen) atoms. The average molecular weight is 342 g/mol. The lowest BCUT2D eigenvalue weighted by Crippen LogP contribution is -2.42. The first-order valence-corrected chi connectivity index (χ1v) is 8.99. The van der Waals surface area contributed by atoms with E-state index in [4.69, 9.17) is 4.74 Å². The van der Waals surface area contributed by atoms with Crippen molar-refractivity contribution >= 4 is 15.7 Å². The molecule has 0 aromatic heterocycles. The predicted octanol–water partition coefficient (Wildman–Crippen LogP) is 2.34. The second kappa shape index (κ2) is 6.94. The van der Waals surface area contributed by atoms with E-state index in [-0.39, 0.29) is 29.8 Å². The molecule has 7 nitrogen and oxygen atoms in total. The van der Waals surface area contributed by atoms with E-state index in [1.165, 1.54) is 23.5 Å². The molecular weight excluding hydrogens is 320 g/mol. The van der Waals surface area contributed by atoms with Crippen molar-refractivity contribution in [3.63, 3.8) is 0 Å². The molecule has 0 N–H and O–H groups in total. The van der Waals surface area contributed by atoms with Crippen LogP contribution in [0.4, 0.5) is 5.69 Å². The summed E-state index contributed by atoms with van der Waals surface area (Å²) in [6.07, 6.45) is 1.96. The molecular formula is C15H22N2O5S. The highest BCUT2D eigenvalue weighted by molar-refractivity contribution is 7.89. The number of rotatable bonds is 8. The predicted molar refractivity (Wildman–Crippen MR) is 85.8 cm³/mol. The number of hydrogen-bond donors (Lipinski definition) is 0. The van der Waals surface area contributed by atoms with Crippen LogP contribution >= 0.6 is 0 Å². The van der Waals surface area contributed by atoms with Crippen molar-refractivity contribution in [1.82, 2.24) is 4.31 Å². The normalized spacial score (nSPS) is 16.5. The smallest absolute Gasteiger partial charge is 0.289 e. The summed E-state index contributed by atoms with van der Waals surface area (Å²) in [4.78, 5) is 10.4. The van der Waals surface area contributed by atoms with E-state index in [1.807, 2.05) is 6.92 Å². The van der Waals surface area contributed by atoms with Gasteiger partial charge in [0.2, 0.25) is 0 Å². The first-order valence-electron chi connectivity index (χ1n) is 7.55. The zero-order chi connectivity index (χ0) is 17.2. The number of ether oxygens (including phenoxy) is 1. The van der Waals surface area contributed by atoms with Crippen LogP contribution in [0, 0.1) is 23.0 Å². The van der Waals surface area contributed by atoms with E-state index in [1.54, 1.807) is 13.0 Å². The second-order valence-electron chi connectivity index (χ2n) is 5.87. The lowest BCUT2D eigenvalue weighted by Gasteiger charge is -2.28. The Morgan fingerprint density at radius 1 is 1.43 bits per heavy atom. The van der Waals surface area contributed by atoms with Gasteiger partial charge in [-0.2, -0.15) is 4.31 Å². The molecule has 0 spiro atoms. The van der Waals surface area contributed by atoms with E-state index < -0.39 is 14.9 Å². The minimum atomic E-state index is -3.97. The zero-order valence-corrected chi connectivity index (χ0v) is 14.4. The molecule has 8 heteroatoms. The summed E-state index contributed by atoms with van der Waals surface area (Å²) >= 11 is 0. The Balaban J connectivity index is 2.51. The maximum absolute atomic E-state index is 13.1. The molecule has 1 aliphatic carbocycles. The molecule has 2 rings (SSSR count). The molecule has 1 saturated carbocycles. The third kappa shape index (κ3) is 3.70. The molecule has 0 amide bonds. The summed E-state index contributed by atoms with van der Waals surface area (Å²) < 4.78 is 32.6. The standard InChI is InChI=1S/C15H22N2O5S/c1-11-5-4-6-14(17(18)19)15(11)23(20,21)16(9-10-22-3)12(2)13-7-8-13/h4-6,12-13H,7-10H2,1-3H3/t12-/m1/s1. The van der Waals surface area contributed by atoms with E-state index in [2.05, 4.69) is 0 Å². The Morgan fingerprint density at radius 2 is 2.09 bits per heavy atom. The van der Waals surface area contributed by atoms with Crippen molar-refractivity contribution in [2.24, 2.45) is 5.92 Å². The molecule has 0 radical (unpaired) electrons. The minimum absolute atomic E-state index is 0.183. The van der Waals surface area contributed by atoms with Crippen LogP contribution in [0.1, 0.15) is 25.3 Å². The van der Waals surface area contributed by atoms with Gasteiger partial charge in [-0.25, -0.2) is 8.42 Å². The third-order valence-electron chi connectivity index (χ3n) is 4.23. The highest BCUT2D eigenvalue weighted by Crippen LogP contribution is 2.38. The molecule has 0 bridgehead atoms. The van der Waals surface area contributed by atoms with Crippen LogP contribution in [0.5, 0.6) is 0 Å². The summed E-state index contributed by atoms with van der Waals surface area (Å²) in [6, 6.07) is 4.11. The van der Waals surface area contributed by atoms with Gasteiger partial charge in [0.15, 0.2) is 4.90 Å². The van der Waals surface area contributed by atoms with Crippen LogP contribution in [0.25, 0.3) is 0 Å². The van der Waals surface area contributed by atoms with Gasteiger partial charge < -0.3 is 4.74 Å². The number of nitrogens with zero attached hydrogens (tertiary/aromatic N) is 2. The lowest BCUT2D eigenvalue weighted by atomic mass is 10.2. The van der Waals surface area contributed by atoms with Gasteiger partial charge >= 0.3 is 0 Å². The third-order valence-corrected chi connectivity index (χ3v) is 6.41. The van der Waals surface area contributed by atoms with Gasteiger partial charge in [-0.15, -0.1) is 0 Å². The van der Waals surface area contributed by atoms with Crippen LogP contribution in [0.2, 0.25) is 0 Å². The number of aryl methyl sites for hydroxylation is 1. The van der Waals surface area contributed by atoms with Crippen molar-refractivity contribution in [1.29, 1.82) is 0 Å². The SMILES string of the molecule is COCCN([C@H](C)C1CC1)S(=O)(=O)c1c(C)cccc1[N+](=O)[O-]. The summed E-state index contributed by atoms with van der Waals surface area (Å²) in [5, 5.41) is 11.3. The quantitative estimate of drug-likeness (QED) is 0.534. The Morgan fingerprint density at radius 3 is 2.61 bits per heavy atom. The number of nitro groups is 1. The maximum atomic E-state index is 13.1. The maximum Gasteiger partial charge on any atom is 0.289 e. The molecule has 0 saturated heterocycles. The number of benzene rings is 1. The van der Waals surface area contributed by atoms with Crippen molar-refractivity contribution in [2.45, 2.75) is 37.6 Å². The molecule has 1 aliphatic rings. The van der Waals surface area contributed by atoms with Gasteiger partial charge in [-0.3, -0.25) is 10.1 Å². The summed E-state index contributed by atoms with van der Waals surface area (Å²) in [7, 11) is -2.47. The number of methoxy groups -OCH3 is 1. The molecule has 0 unspecified atom stereocenters. The molecule has 0 aliphatic heterocycles. The highest BCUT2D eigenvalue weighted by atomic mass is 32.2. The van der Waals surface area contributed by atoms with Gasteiger partial charge in [-0.1, -0.05) is 12.1 Å². The number of hydrogen-bond acceptors (Lipinski definition) is 5. The monoisotopic (exact) mass is 342 g/mol. The molecule has 1 aromatic carbocycles. The van der Waals surface area contributed by atoms with E-state index in [0.717, 1.165) is 12.8 Å². The fraction of sp³-hybridized carbons (Fsp3) is 0.600. The first kappa shape index (κ1) is 17.8. The van der Waals surface area contributed by atoms with Gasteiger partial charge in [-0.05, 0) is 38.2 Å². The van der Waals surface area contributed by atoms with Crippen molar-refractivity contribution < 1.29 is 18.1 Å². The topological polar surface area (TPSA) is 89.8 Å². The fourth-order valence-electron chi connectivity index (χ4n) is 2.77. The van der Waals surface area contributed by atoms with E-state index in [0.29, 0.717) is 11.5 Å². The summed E-state index contributed by atoms with van der Waals surface area (Å²) in [5.74, 6) is 0.310. The molecule has 1 fully saturated rings. The lowest BCUT2D eigenvalue weighted by molar-refractivity contribution is -0.387. The van der Waals surface area contributed by atoms with Crippen molar-refractivity contribution in [2.75, 3.05) is 20.3 Å². The van der Waals surface area contributed by atoms with Gasteiger partial charge in [0.05, 0.1) is 11.5 Å². The van der Waals surface area contributed by atoms with E-state index >= 15 is 0 Å². The average Bonchev–Trinajstić information content (AvgIpc) is 3.31. The van der Waals surface area contributed by atoms with Crippen molar-refractivity contribution in [3.8, 4) is 0 Å². The van der Waals surface area contributed by atoms with Gasteiger partial charge in [0, 0.05) is 25.8 Å². The largest absolute Gasteiger partial charge is 0.383 e. The zero-order valence-electron chi connectivity index (χ0n) is 13.6. The van der Waals surface area contributed by atoms with Crippen LogP contribution in [-0.2, 0) is 14.8 Å². The Bertz CT molecular complexity index is 685. The van der Waals surface area contributed by atoms with E-state index in [9.17, 15) is 18.5 Å². The number of sulfonamides is 1. The molecule has 128 valence electrons. The molecule has 1 atom stereocenters. The van der Waals surface area contributed by atoms with Crippen LogP contribution in [-0.4, -0.2) is 43.9 Å². The van der Waals surface area contributed by atoms with Crippen LogP contribution < -0.4 is 0 Å².